The Morgan fingerprint density at radius 1 is 1.10 bits per heavy atom. The van der Waals surface area contributed by atoms with Gasteiger partial charge in [-0.15, -0.1) is 0 Å². The Balaban J connectivity index is 1.71. The Morgan fingerprint density at radius 3 is 2.41 bits per heavy atom. The first-order valence-electron chi connectivity index (χ1n) is 15.9. The number of hydrogen-bond donors (Lipinski definition) is 1. The molecule has 2 aromatic carbocycles. The van der Waals surface area contributed by atoms with Crippen LogP contribution in [-0.4, -0.2) is 96.8 Å². The lowest BCUT2D eigenvalue weighted by Crippen LogP contribution is -2.56. The molecule has 3 amide bonds. The number of likely N-dealkylation sites (N-methyl/N-ethyl adjacent to an activating group) is 2. The minimum absolute atomic E-state index is 0.0471. The summed E-state index contributed by atoms with van der Waals surface area (Å²) in [6.07, 6.45) is -3.64. The second-order valence-electron chi connectivity index (χ2n) is 12.2. The summed E-state index contributed by atoms with van der Waals surface area (Å²) < 4.78 is 62.0. The Bertz CT molecular complexity index is 1730. The standard InChI is InChI=1S/C34H37F4N7O4/c1-4-44-31-27(29(41-45(31)25-12-18-49-19-13-25)32(47)43(15-14-39)17-16-42(2)3)26(21-8-10-24(35)11-9-21)28(33(44)48)40-30(46)22-6-5-7-23(20-22)34(36,37)38/h5-11,20,25-26,28H,4,12-13,15-19H2,1-3H3,(H,40,46)/t26-,28-/m0/s1. The number of anilines is 1. The number of ether oxygens (including phenoxy) is 1. The van der Waals surface area contributed by atoms with Crippen molar-refractivity contribution in [3.63, 3.8) is 0 Å². The van der Waals surface area contributed by atoms with Crippen LogP contribution in [0.2, 0.25) is 0 Å². The predicted octanol–water partition coefficient (Wildman–Crippen LogP) is 4.22. The average molecular weight is 684 g/mol. The van der Waals surface area contributed by atoms with E-state index >= 15 is 0 Å². The zero-order valence-electron chi connectivity index (χ0n) is 27.3. The molecule has 0 radical (unpaired) electrons. The third-order valence-corrected chi connectivity index (χ3v) is 8.74. The molecule has 15 heteroatoms. The SMILES string of the molecule is CCN1C(=O)[C@@H](NC(=O)c2cccc(C(F)(F)F)c2)[C@@H](c2ccc(F)cc2)c2c(C(=O)N(CC#N)CCN(C)C)nn(C3CCOCC3)c21. The fourth-order valence-electron chi connectivity index (χ4n) is 6.27. The molecule has 0 bridgehead atoms. The molecule has 1 N–H and O–H groups in total. The molecule has 0 aliphatic carbocycles. The molecule has 260 valence electrons. The van der Waals surface area contributed by atoms with Crippen LogP contribution in [0.1, 0.15) is 69.3 Å². The van der Waals surface area contributed by atoms with Crippen molar-refractivity contribution in [2.24, 2.45) is 0 Å². The average Bonchev–Trinajstić information content (AvgIpc) is 3.47. The largest absolute Gasteiger partial charge is 0.416 e. The summed E-state index contributed by atoms with van der Waals surface area (Å²) in [4.78, 5) is 47.1. The molecule has 3 aromatic rings. The Kier molecular flexibility index (Phi) is 10.7. The highest BCUT2D eigenvalue weighted by molar-refractivity contribution is 6.07. The van der Waals surface area contributed by atoms with Crippen molar-refractivity contribution in [2.75, 3.05) is 58.4 Å². The molecular weight excluding hydrogens is 646 g/mol. The first kappa shape index (κ1) is 35.5. The van der Waals surface area contributed by atoms with Crippen LogP contribution in [0.25, 0.3) is 0 Å². The fraction of sp³-hybridized carbons (Fsp3) is 0.441. The molecule has 2 aliphatic rings. The van der Waals surface area contributed by atoms with Crippen LogP contribution in [0.3, 0.4) is 0 Å². The molecule has 0 unspecified atom stereocenters. The van der Waals surface area contributed by atoms with Gasteiger partial charge >= 0.3 is 6.18 Å². The molecule has 5 rings (SSSR count). The number of carbonyl (C=O) groups excluding carboxylic acids is 3. The highest BCUT2D eigenvalue weighted by Crippen LogP contribution is 2.45. The number of aromatic nitrogens is 2. The molecule has 3 heterocycles. The van der Waals surface area contributed by atoms with Gasteiger partial charge in [0.05, 0.1) is 17.7 Å². The van der Waals surface area contributed by atoms with Crippen LogP contribution >= 0.6 is 0 Å². The first-order valence-corrected chi connectivity index (χ1v) is 15.9. The van der Waals surface area contributed by atoms with E-state index in [2.05, 4.69) is 5.32 Å². The lowest BCUT2D eigenvalue weighted by Gasteiger charge is -2.39. The number of benzene rings is 2. The molecule has 0 spiro atoms. The summed E-state index contributed by atoms with van der Waals surface area (Å²) in [6.45, 7) is 3.03. The smallest absolute Gasteiger partial charge is 0.381 e. The summed E-state index contributed by atoms with van der Waals surface area (Å²) in [5, 5.41) is 17.1. The van der Waals surface area contributed by atoms with Crippen molar-refractivity contribution >= 4 is 23.5 Å². The van der Waals surface area contributed by atoms with Gasteiger partial charge in [0.15, 0.2) is 5.69 Å². The van der Waals surface area contributed by atoms with E-state index in [0.29, 0.717) is 50.0 Å². The van der Waals surface area contributed by atoms with Crippen molar-refractivity contribution < 1.29 is 36.7 Å². The molecule has 1 fully saturated rings. The van der Waals surface area contributed by atoms with Gasteiger partial charge in [-0.2, -0.15) is 23.5 Å². The number of hydrogen-bond acceptors (Lipinski definition) is 7. The van der Waals surface area contributed by atoms with Crippen molar-refractivity contribution in [1.82, 2.24) is 24.9 Å². The summed E-state index contributed by atoms with van der Waals surface area (Å²) >= 11 is 0. The number of nitrogens with one attached hydrogen (secondary N) is 1. The Morgan fingerprint density at radius 2 is 1.80 bits per heavy atom. The number of fused-ring (bicyclic) bond motifs is 1. The van der Waals surface area contributed by atoms with Crippen LogP contribution in [0.4, 0.5) is 23.4 Å². The minimum atomic E-state index is -4.71. The van der Waals surface area contributed by atoms with Gasteiger partial charge in [0.1, 0.15) is 24.2 Å². The number of nitrogens with zero attached hydrogens (tertiary/aromatic N) is 6. The zero-order valence-corrected chi connectivity index (χ0v) is 27.3. The van der Waals surface area contributed by atoms with Gasteiger partial charge in [-0.3, -0.25) is 19.3 Å². The van der Waals surface area contributed by atoms with E-state index in [4.69, 9.17) is 9.84 Å². The summed E-state index contributed by atoms with van der Waals surface area (Å²) in [5.74, 6) is -3.46. The van der Waals surface area contributed by atoms with E-state index in [0.717, 1.165) is 12.1 Å². The van der Waals surface area contributed by atoms with Crippen LogP contribution in [0, 0.1) is 17.1 Å². The molecule has 1 saturated heterocycles. The lowest BCUT2D eigenvalue weighted by atomic mass is 9.80. The maximum atomic E-state index is 14.4. The number of nitriles is 1. The van der Waals surface area contributed by atoms with Gasteiger partial charge in [-0.25, -0.2) is 9.07 Å². The van der Waals surface area contributed by atoms with E-state index in [9.17, 15) is 37.2 Å². The molecule has 2 atom stereocenters. The third-order valence-electron chi connectivity index (χ3n) is 8.74. The quantitative estimate of drug-likeness (QED) is 0.251. The maximum Gasteiger partial charge on any atom is 0.416 e. The summed E-state index contributed by atoms with van der Waals surface area (Å²) in [5.41, 5.74) is -0.765. The normalized spacial score (nSPS) is 18.3. The van der Waals surface area contributed by atoms with Gasteiger partial charge in [0.2, 0.25) is 0 Å². The van der Waals surface area contributed by atoms with Crippen LogP contribution in [0.5, 0.6) is 0 Å². The van der Waals surface area contributed by atoms with E-state index in [-0.39, 0.29) is 42.5 Å². The number of alkyl halides is 3. The third kappa shape index (κ3) is 7.45. The summed E-state index contributed by atoms with van der Waals surface area (Å²) in [7, 11) is 3.65. The molecule has 11 nitrogen and oxygen atoms in total. The van der Waals surface area contributed by atoms with Gasteiger partial charge in [-0.1, -0.05) is 18.2 Å². The zero-order chi connectivity index (χ0) is 35.5. The van der Waals surface area contributed by atoms with Crippen LogP contribution < -0.4 is 10.2 Å². The van der Waals surface area contributed by atoms with Crippen molar-refractivity contribution in [1.29, 1.82) is 5.26 Å². The number of halogens is 4. The second kappa shape index (κ2) is 14.8. The van der Waals surface area contributed by atoms with E-state index in [1.54, 1.807) is 11.6 Å². The lowest BCUT2D eigenvalue weighted by molar-refractivity contribution is -0.137. The molecular formula is C34H37F4N7O4. The highest BCUT2D eigenvalue weighted by Gasteiger charge is 2.48. The Hall–Kier alpha value is -4.81. The summed E-state index contributed by atoms with van der Waals surface area (Å²) in [6, 6.07) is 9.40. The first-order chi connectivity index (χ1) is 23.3. The Labute approximate surface area is 281 Å². The molecule has 1 aromatic heterocycles. The molecule has 0 saturated carbocycles. The second-order valence-corrected chi connectivity index (χ2v) is 12.2. The van der Waals surface area contributed by atoms with Gasteiger partial charge < -0.3 is 19.9 Å². The molecule has 2 aliphatic heterocycles. The monoisotopic (exact) mass is 683 g/mol. The predicted molar refractivity (Wildman–Crippen MR) is 170 cm³/mol. The number of rotatable bonds is 10. The van der Waals surface area contributed by atoms with Crippen LogP contribution in [-0.2, 0) is 15.7 Å². The van der Waals surface area contributed by atoms with E-state index in [1.807, 2.05) is 25.1 Å². The fourth-order valence-corrected chi connectivity index (χ4v) is 6.27. The van der Waals surface area contributed by atoms with Crippen molar-refractivity contribution in [3.8, 4) is 6.07 Å². The molecule has 49 heavy (non-hydrogen) atoms. The van der Waals surface area contributed by atoms with Gasteiger partial charge in [0, 0.05) is 49.9 Å². The highest BCUT2D eigenvalue weighted by atomic mass is 19.4. The number of amides is 3. The number of carbonyl (C=O) groups is 3. The minimum Gasteiger partial charge on any atom is -0.381 e. The van der Waals surface area contributed by atoms with E-state index < -0.39 is 47.2 Å². The maximum absolute atomic E-state index is 14.4. The van der Waals surface area contributed by atoms with Gasteiger partial charge in [-0.05, 0) is 69.8 Å². The van der Waals surface area contributed by atoms with E-state index in [1.165, 1.54) is 40.1 Å². The van der Waals surface area contributed by atoms with Gasteiger partial charge in [0.25, 0.3) is 17.7 Å². The van der Waals surface area contributed by atoms with Crippen LogP contribution in [0.15, 0.2) is 48.5 Å². The topological polar surface area (TPSA) is 124 Å². The van der Waals surface area contributed by atoms with Crippen molar-refractivity contribution in [3.05, 3.63) is 82.3 Å². The van der Waals surface area contributed by atoms with Crippen molar-refractivity contribution in [2.45, 2.75) is 43.9 Å².